The van der Waals surface area contributed by atoms with Gasteiger partial charge in [-0.15, -0.1) is 0 Å². The topological polar surface area (TPSA) is 9.23 Å². The number of hydrogen-bond donors (Lipinski definition) is 0. The number of hydrogen-bond acceptors (Lipinski definition) is 1. The Balaban J connectivity index is 2.12. The van der Waals surface area contributed by atoms with Gasteiger partial charge in [-0.25, -0.2) is 0 Å². The summed E-state index contributed by atoms with van der Waals surface area (Å²) in [7, 11) is -2.20. The number of ether oxygens (including phenoxy) is 1. The quantitative estimate of drug-likeness (QED) is 0.592. The second-order valence-electron chi connectivity index (χ2n) is 3.71. The molecule has 1 fully saturated rings. The second kappa shape index (κ2) is 3.38. The van der Waals surface area contributed by atoms with Crippen LogP contribution in [0.1, 0.15) is 37.2 Å². The highest BCUT2D eigenvalue weighted by molar-refractivity contribution is 4.80. The molecule has 1 saturated carbocycles. The van der Waals surface area contributed by atoms with Crippen LogP contribution in [0.3, 0.4) is 0 Å². The summed E-state index contributed by atoms with van der Waals surface area (Å²) in [4.78, 5) is 0. The van der Waals surface area contributed by atoms with Crippen LogP contribution in [-0.4, -0.2) is 13.1 Å². The van der Waals surface area contributed by atoms with Gasteiger partial charge in [-0.2, -0.15) is 0 Å². The largest absolute Gasteiger partial charge is 0.381 e. The van der Waals surface area contributed by atoms with Gasteiger partial charge in [-0.1, -0.05) is 13.8 Å². The van der Waals surface area contributed by atoms with E-state index in [9.17, 15) is 0 Å². The van der Waals surface area contributed by atoms with Crippen molar-refractivity contribution in [3.8, 4) is 0 Å². The molecular weight excluding hydrogens is 124 g/mol. The van der Waals surface area contributed by atoms with E-state index >= 15 is 0 Å². The van der Waals surface area contributed by atoms with Gasteiger partial charge in [0.15, 0.2) is 0 Å². The molecule has 1 rings (SSSR count). The average Bonchev–Trinajstić information content (AvgIpc) is 1.78. The van der Waals surface area contributed by atoms with Crippen LogP contribution < -0.4 is 0 Å². The molecule has 1 aliphatic rings. The van der Waals surface area contributed by atoms with Crippen molar-refractivity contribution in [3.05, 3.63) is 0 Å². The van der Waals surface area contributed by atoms with Gasteiger partial charge in [-0.3, -0.25) is 0 Å². The first kappa shape index (κ1) is 4.76. The molecule has 0 radical (unpaired) electrons. The zero-order valence-electron chi connectivity index (χ0n) is 9.76. The minimum atomic E-state index is -2.20. The predicted octanol–water partition coefficient (Wildman–Crippen LogP) is 2.46. The Labute approximate surface area is 68.0 Å². The summed E-state index contributed by atoms with van der Waals surface area (Å²) < 4.78 is 25.6. The minimum Gasteiger partial charge on any atom is -0.381 e. The molecule has 0 bridgehead atoms. The lowest BCUT2D eigenvalue weighted by Crippen LogP contribution is -2.31. The van der Waals surface area contributed by atoms with E-state index in [0.717, 1.165) is 12.8 Å². The molecule has 60 valence electrons. The van der Waals surface area contributed by atoms with Gasteiger partial charge in [0.1, 0.15) is 0 Å². The standard InChI is InChI=1S/C9H18O/c1-7(2)4-8-5-9(6-8)10-3/h7-9H,4-6H2,1-3H3/i3D3. The molecule has 1 nitrogen and oxygen atoms in total. The van der Waals surface area contributed by atoms with Crippen molar-refractivity contribution in [2.24, 2.45) is 11.8 Å². The third kappa shape index (κ3) is 1.98. The summed E-state index contributed by atoms with van der Waals surface area (Å²) in [5.41, 5.74) is 0. The molecule has 1 aliphatic carbocycles. The molecule has 0 spiro atoms. The first-order valence-corrected chi connectivity index (χ1v) is 4.04. The molecule has 0 aromatic carbocycles. The molecule has 0 aliphatic heterocycles. The van der Waals surface area contributed by atoms with E-state index in [1.165, 1.54) is 6.42 Å². The highest BCUT2D eigenvalue weighted by atomic mass is 16.5. The molecular formula is C9H18O. The van der Waals surface area contributed by atoms with Gasteiger partial charge in [0, 0.05) is 7.04 Å². The van der Waals surface area contributed by atoms with Crippen LogP contribution >= 0.6 is 0 Å². The monoisotopic (exact) mass is 145 g/mol. The molecule has 0 aromatic heterocycles. The zero-order chi connectivity index (χ0) is 10.1. The summed E-state index contributed by atoms with van der Waals surface area (Å²) >= 11 is 0. The highest BCUT2D eigenvalue weighted by Gasteiger charge is 2.28. The molecule has 10 heavy (non-hydrogen) atoms. The third-order valence-corrected chi connectivity index (χ3v) is 2.16. The van der Waals surface area contributed by atoms with Crippen LogP contribution in [0, 0.1) is 11.8 Å². The number of rotatable bonds is 3. The van der Waals surface area contributed by atoms with E-state index in [0.29, 0.717) is 11.8 Å². The van der Waals surface area contributed by atoms with Gasteiger partial charge in [0.2, 0.25) is 0 Å². The van der Waals surface area contributed by atoms with Crippen LogP contribution in [0.2, 0.25) is 0 Å². The maximum absolute atomic E-state index is 6.92. The van der Waals surface area contributed by atoms with Gasteiger partial charge >= 0.3 is 0 Å². The molecule has 0 saturated heterocycles. The van der Waals surface area contributed by atoms with E-state index in [4.69, 9.17) is 8.85 Å². The van der Waals surface area contributed by atoms with E-state index in [1.807, 2.05) is 0 Å². The Morgan fingerprint density at radius 1 is 1.60 bits per heavy atom. The van der Waals surface area contributed by atoms with E-state index in [2.05, 4.69) is 13.8 Å². The molecule has 0 heterocycles. The van der Waals surface area contributed by atoms with E-state index in [1.54, 1.807) is 0 Å². The second-order valence-corrected chi connectivity index (χ2v) is 3.71. The summed E-state index contributed by atoms with van der Waals surface area (Å²) in [6, 6.07) is 0. The SMILES string of the molecule is [2H]C([2H])([2H])OC1CC(CC(C)C)C1. The first-order valence-electron chi connectivity index (χ1n) is 5.54. The van der Waals surface area contributed by atoms with Gasteiger partial charge in [0.25, 0.3) is 0 Å². The molecule has 0 aromatic rings. The summed E-state index contributed by atoms with van der Waals surface area (Å²) in [5, 5.41) is 0. The lowest BCUT2D eigenvalue weighted by atomic mass is 9.77. The fourth-order valence-corrected chi connectivity index (χ4v) is 1.63. The van der Waals surface area contributed by atoms with Crippen molar-refractivity contribution in [1.29, 1.82) is 0 Å². The lowest BCUT2D eigenvalue weighted by molar-refractivity contribution is -0.00533. The smallest absolute Gasteiger partial charge is 0.0576 e. The Morgan fingerprint density at radius 2 is 2.30 bits per heavy atom. The predicted molar refractivity (Wildman–Crippen MR) is 43.0 cm³/mol. The van der Waals surface area contributed by atoms with Gasteiger partial charge < -0.3 is 4.74 Å². The Kier molecular flexibility index (Phi) is 1.61. The normalized spacial score (nSPS) is 38.1. The molecule has 1 heteroatoms. The van der Waals surface area contributed by atoms with Crippen LogP contribution in [0.4, 0.5) is 0 Å². The molecule has 0 atom stereocenters. The lowest BCUT2D eigenvalue weighted by Gasteiger charge is -2.35. The summed E-state index contributed by atoms with van der Waals surface area (Å²) in [5.74, 6) is 1.39. The van der Waals surface area contributed by atoms with E-state index < -0.39 is 7.04 Å². The van der Waals surface area contributed by atoms with Crippen LogP contribution in [-0.2, 0) is 4.74 Å². The Hall–Kier alpha value is -0.0400. The summed E-state index contributed by atoms with van der Waals surface area (Å²) in [6.45, 7) is 4.38. The fourth-order valence-electron chi connectivity index (χ4n) is 1.63. The van der Waals surface area contributed by atoms with Crippen molar-refractivity contribution >= 4 is 0 Å². The molecule has 0 N–H and O–H groups in total. The van der Waals surface area contributed by atoms with Crippen molar-refractivity contribution in [1.82, 2.24) is 0 Å². The van der Waals surface area contributed by atoms with Crippen molar-refractivity contribution < 1.29 is 8.85 Å². The van der Waals surface area contributed by atoms with Crippen LogP contribution in [0.15, 0.2) is 0 Å². The Bertz CT molecular complexity index is 159. The molecule has 0 unspecified atom stereocenters. The fraction of sp³-hybridized carbons (Fsp3) is 1.00. The van der Waals surface area contributed by atoms with Crippen molar-refractivity contribution in [2.75, 3.05) is 7.04 Å². The van der Waals surface area contributed by atoms with E-state index in [-0.39, 0.29) is 6.10 Å². The van der Waals surface area contributed by atoms with Crippen molar-refractivity contribution in [3.63, 3.8) is 0 Å². The van der Waals surface area contributed by atoms with Gasteiger partial charge in [-0.05, 0) is 31.1 Å². The maximum Gasteiger partial charge on any atom is 0.0576 e. The van der Waals surface area contributed by atoms with Crippen molar-refractivity contribution in [2.45, 2.75) is 39.2 Å². The summed E-state index contributed by atoms with van der Waals surface area (Å²) in [6.07, 6.45) is 3.03. The maximum atomic E-state index is 6.92. The average molecular weight is 145 g/mol. The van der Waals surface area contributed by atoms with Crippen LogP contribution in [0.25, 0.3) is 0 Å². The highest BCUT2D eigenvalue weighted by Crippen LogP contribution is 2.34. The third-order valence-electron chi connectivity index (χ3n) is 2.16. The number of methoxy groups -OCH3 is 1. The molecule has 0 amide bonds. The Morgan fingerprint density at radius 3 is 2.80 bits per heavy atom. The minimum absolute atomic E-state index is 0.0174. The first-order chi connectivity index (χ1) is 5.87. The van der Waals surface area contributed by atoms with Gasteiger partial charge in [0.05, 0.1) is 10.2 Å². The van der Waals surface area contributed by atoms with Crippen LogP contribution in [0.5, 0.6) is 0 Å². The zero-order valence-corrected chi connectivity index (χ0v) is 6.76.